The third-order valence-corrected chi connectivity index (χ3v) is 3.92. The minimum absolute atomic E-state index is 0.0342. The zero-order valence-electron chi connectivity index (χ0n) is 12.5. The van der Waals surface area contributed by atoms with Gasteiger partial charge in [-0.2, -0.15) is 0 Å². The van der Waals surface area contributed by atoms with Gasteiger partial charge in [0.15, 0.2) is 0 Å². The first kappa shape index (κ1) is 14.9. The number of likely N-dealkylation sites (tertiary alicyclic amines) is 1. The van der Waals surface area contributed by atoms with Crippen molar-refractivity contribution in [3.63, 3.8) is 0 Å². The van der Waals surface area contributed by atoms with E-state index < -0.39 is 0 Å². The first-order chi connectivity index (χ1) is 9.69. The molecule has 0 radical (unpaired) electrons. The van der Waals surface area contributed by atoms with Crippen LogP contribution in [0.1, 0.15) is 30.1 Å². The zero-order chi connectivity index (χ0) is 14.4. The second-order valence-electron chi connectivity index (χ2n) is 5.56. The minimum Gasteiger partial charge on any atom is -0.385 e. The van der Waals surface area contributed by atoms with Crippen molar-refractivity contribution >= 4 is 11.6 Å². The lowest BCUT2D eigenvalue weighted by molar-refractivity contribution is 0.0939. The summed E-state index contributed by atoms with van der Waals surface area (Å²) in [4.78, 5) is 14.4. The van der Waals surface area contributed by atoms with Gasteiger partial charge in [0.2, 0.25) is 0 Å². The van der Waals surface area contributed by atoms with Crippen LogP contribution in [0.5, 0.6) is 0 Å². The zero-order valence-corrected chi connectivity index (χ0v) is 12.5. The Balaban J connectivity index is 1.79. The summed E-state index contributed by atoms with van der Waals surface area (Å²) in [5.41, 5.74) is 1.79. The molecule has 2 N–H and O–H groups in total. The maximum Gasteiger partial charge on any atom is 0.251 e. The summed E-state index contributed by atoms with van der Waals surface area (Å²) >= 11 is 0. The van der Waals surface area contributed by atoms with Gasteiger partial charge in [-0.3, -0.25) is 4.79 Å². The molecule has 0 aliphatic carbocycles. The smallest absolute Gasteiger partial charge is 0.251 e. The topological polar surface area (TPSA) is 44.4 Å². The van der Waals surface area contributed by atoms with E-state index in [1.807, 2.05) is 24.3 Å². The molecule has 1 fully saturated rings. The highest BCUT2D eigenvalue weighted by Crippen LogP contribution is 2.15. The Morgan fingerprint density at radius 1 is 1.25 bits per heavy atom. The van der Waals surface area contributed by atoms with Crippen LogP contribution in [-0.2, 0) is 0 Å². The Hall–Kier alpha value is -1.55. The van der Waals surface area contributed by atoms with E-state index >= 15 is 0 Å². The van der Waals surface area contributed by atoms with Crippen molar-refractivity contribution in [3.8, 4) is 0 Å². The lowest BCUT2D eigenvalue weighted by Crippen LogP contribution is -2.36. The Bertz CT molecular complexity index is 422. The molecule has 1 heterocycles. The predicted octanol–water partition coefficient (Wildman–Crippen LogP) is 2.19. The molecule has 4 nitrogen and oxygen atoms in total. The van der Waals surface area contributed by atoms with Crippen LogP contribution in [0.2, 0.25) is 0 Å². The number of anilines is 1. The van der Waals surface area contributed by atoms with Gasteiger partial charge < -0.3 is 15.5 Å². The van der Waals surface area contributed by atoms with Crippen LogP contribution in [0, 0.1) is 5.92 Å². The summed E-state index contributed by atoms with van der Waals surface area (Å²) in [5.74, 6) is 0.656. The summed E-state index contributed by atoms with van der Waals surface area (Å²) in [7, 11) is 2.15. The van der Waals surface area contributed by atoms with Gasteiger partial charge in [-0.25, -0.2) is 0 Å². The maximum atomic E-state index is 12.1. The normalized spacial score (nSPS) is 16.9. The number of carbonyl (C=O) groups excluding carboxylic acids is 1. The van der Waals surface area contributed by atoms with E-state index in [-0.39, 0.29) is 5.91 Å². The molecule has 1 saturated heterocycles. The molecule has 2 rings (SSSR count). The molecule has 1 aromatic carbocycles. The molecule has 1 aliphatic heterocycles. The van der Waals surface area contributed by atoms with Crippen LogP contribution >= 0.6 is 0 Å². The second kappa shape index (κ2) is 7.29. The van der Waals surface area contributed by atoms with E-state index in [0.717, 1.165) is 37.4 Å². The molecule has 0 aromatic heterocycles. The first-order valence-electron chi connectivity index (χ1n) is 7.49. The van der Waals surface area contributed by atoms with Crippen molar-refractivity contribution in [2.24, 2.45) is 5.92 Å². The van der Waals surface area contributed by atoms with Crippen LogP contribution in [0.3, 0.4) is 0 Å². The molecular weight excluding hydrogens is 250 g/mol. The molecule has 20 heavy (non-hydrogen) atoms. The molecule has 1 amide bonds. The minimum atomic E-state index is 0.0342. The molecule has 1 aliphatic rings. The fourth-order valence-electron chi connectivity index (χ4n) is 2.55. The highest BCUT2D eigenvalue weighted by Gasteiger charge is 2.17. The monoisotopic (exact) mass is 275 g/mol. The number of hydrogen-bond acceptors (Lipinski definition) is 3. The van der Waals surface area contributed by atoms with E-state index in [2.05, 4.69) is 29.5 Å². The lowest BCUT2D eigenvalue weighted by Gasteiger charge is -2.28. The van der Waals surface area contributed by atoms with Gasteiger partial charge in [0.1, 0.15) is 0 Å². The molecule has 0 bridgehead atoms. The van der Waals surface area contributed by atoms with E-state index in [0.29, 0.717) is 5.92 Å². The van der Waals surface area contributed by atoms with E-state index in [9.17, 15) is 4.79 Å². The van der Waals surface area contributed by atoms with E-state index in [4.69, 9.17) is 0 Å². The van der Waals surface area contributed by atoms with Crippen molar-refractivity contribution in [3.05, 3.63) is 29.8 Å². The van der Waals surface area contributed by atoms with Crippen LogP contribution in [0.4, 0.5) is 5.69 Å². The van der Waals surface area contributed by atoms with Gasteiger partial charge in [-0.05, 0) is 70.1 Å². The van der Waals surface area contributed by atoms with Crippen LogP contribution in [0.15, 0.2) is 24.3 Å². The highest BCUT2D eigenvalue weighted by atomic mass is 16.1. The third-order valence-electron chi connectivity index (χ3n) is 3.92. The number of nitrogens with one attached hydrogen (secondary N) is 2. The van der Waals surface area contributed by atoms with Gasteiger partial charge >= 0.3 is 0 Å². The first-order valence-corrected chi connectivity index (χ1v) is 7.49. The molecular formula is C16H25N3O. The molecule has 110 valence electrons. The fraction of sp³-hybridized carbons (Fsp3) is 0.562. The van der Waals surface area contributed by atoms with E-state index in [1.54, 1.807) is 0 Å². The van der Waals surface area contributed by atoms with Crippen molar-refractivity contribution in [1.82, 2.24) is 10.2 Å². The molecule has 1 aromatic rings. The van der Waals surface area contributed by atoms with Gasteiger partial charge in [0.25, 0.3) is 5.91 Å². The Kier molecular flexibility index (Phi) is 5.41. The highest BCUT2D eigenvalue weighted by molar-refractivity contribution is 5.94. The van der Waals surface area contributed by atoms with Gasteiger partial charge in [-0.1, -0.05) is 0 Å². The van der Waals surface area contributed by atoms with Crippen LogP contribution in [0.25, 0.3) is 0 Å². The molecule has 0 spiro atoms. The molecule has 4 heteroatoms. The summed E-state index contributed by atoms with van der Waals surface area (Å²) in [6.07, 6.45) is 2.35. The Morgan fingerprint density at radius 2 is 1.90 bits per heavy atom. The van der Waals surface area contributed by atoms with Crippen molar-refractivity contribution in [1.29, 1.82) is 0 Å². The predicted molar refractivity (Wildman–Crippen MR) is 83.2 cm³/mol. The molecule has 0 atom stereocenters. The Morgan fingerprint density at radius 3 is 2.50 bits per heavy atom. The Labute approximate surface area is 121 Å². The van der Waals surface area contributed by atoms with Gasteiger partial charge in [0.05, 0.1) is 0 Å². The summed E-state index contributed by atoms with van der Waals surface area (Å²) in [5, 5.41) is 6.28. The van der Waals surface area contributed by atoms with Crippen molar-refractivity contribution in [2.75, 3.05) is 38.5 Å². The largest absolute Gasteiger partial charge is 0.385 e. The maximum absolute atomic E-state index is 12.1. The standard InChI is InChI=1S/C16H25N3O/c1-3-17-15-6-4-14(5-7-15)16(20)18-12-13-8-10-19(2)11-9-13/h4-7,13,17H,3,8-12H2,1-2H3,(H,18,20). The van der Waals surface area contributed by atoms with Crippen LogP contribution < -0.4 is 10.6 Å². The quantitative estimate of drug-likeness (QED) is 0.866. The summed E-state index contributed by atoms with van der Waals surface area (Å²) in [6.45, 7) is 6.02. The number of piperidine rings is 1. The number of carbonyl (C=O) groups is 1. The number of benzene rings is 1. The van der Waals surface area contributed by atoms with Crippen molar-refractivity contribution in [2.45, 2.75) is 19.8 Å². The second-order valence-corrected chi connectivity index (χ2v) is 5.56. The number of amides is 1. The number of hydrogen-bond donors (Lipinski definition) is 2. The van der Waals surface area contributed by atoms with Gasteiger partial charge in [-0.15, -0.1) is 0 Å². The molecule has 0 saturated carbocycles. The van der Waals surface area contributed by atoms with Crippen molar-refractivity contribution < 1.29 is 4.79 Å². The van der Waals surface area contributed by atoms with E-state index in [1.165, 1.54) is 12.8 Å². The lowest BCUT2D eigenvalue weighted by atomic mass is 9.97. The fourth-order valence-corrected chi connectivity index (χ4v) is 2.55. The third kappa shape index (κ3) is 4.23. The summed E-state index contributed by atoms with van der Waals surface area (Å²) < 4.78 is 0. The SMILES string of the molecule is CCNc1ccc(C(=O)NCC2CCN(C)CC2)cc1. The average Bonchev–Trinajstić information content (AvgIpc) is 2.47. The number of rotatable bonds is 5. The average molecular weight is 275 g/mol. The van der Waals surface area contributed by atoms with Crippen LogP contribution in [-0.4, -0.2) is 44.0 Å². The molecule has 0 unspecified atom stereocenters. The summed E-state index contributed by atoms with van der Waals surface area (Å²) in [6, 6.07) is 7.66. The number of nitrogens with zero attached hydrogens (tertiary/aromatic N) is 1. The van der Waals surface area contributed by atoms with Gasteiger partial charge in [0, 0.05) is 24.3 Å².